The van der Waals surface area contributed by atoms with E-state index < -0.39 is 0 Å². The molecule has 0 atom stereocenters. The van der Waals surface area contributed by atoms with Crippen molar-refractivity contribution >= 4 is 72.2 Å². The summed E-state index contributed by atoms with van der Waals surface area (Å²) in [4.78, 5) is 15.4. The summed E-state index contributed by atoms with van der Waals surface area (Å²) in [7, 11) is 0. The van der Waals surface area contributed by atoms with Crippen LogP contribution in [-0.4, -0.2) is 30.8 Å². The molecule has 5 heterocycles. The maximum atomic E-state index is 5.21. The highest BCUT2D eigenvalue weighted by atomic mass is 15.0. The van der Waals surface area contributed by atoms with Crippen molar-refractivity contribution in [2.45, 2.75) is 52.4 Å². The van der Waals surface area contributed by atoms with Crippen LogP contribution in [0, 0.1) is 0 Å². The third kappa shape index (κ3) is 5.09. The zero-order valence-corrected chi connectivity index (χ0v) is 36.3. The molecule has 63 heavy (non-hydrogen) atoms. The summed E-state index contributed by atoms with van der Waals surface area (Å²) in [5.74, 6) is 1.96. The number of hydrogen-bond donors (Lipinski definition) is 0. The molecule has 2 aliphatic rings. The first-order valence-corrected chi connectivity index (χ1v) is 22.2. The van der Waals surface area contributed by atoms with E-state index in [2.05, 4.69) is 172 Å². The molecule has 0 bridgehead atoms. The highest BCUT2D eigenvalue weighted by Crippen LogP contribution is 2.49. The van der Waals surface area contributed by atoms with Gasteiger partial charge in [0, 0.05) is 60.5 Å². The summed E-state index contributed by atoms with van der Waals surface area (Å²) in [5, 5.41) is 7.79. The Kier molecular flexibility index (Phi) is 7.29. The molecule has 0 unspecified atom stereocenters. The molecule has 0 fully saturated rings. The number of nitrogens with zero attached hydrogens (tertiary/aromatic N) is 5. The molecule has 0 N–H and O–H groups in total. The van der Waals surface area contributed by atoms with Gasteiger partial charge in [-0.2, -0.15) is 0 Å². The predicted molar refractivity (Wildman–Crippen MR) is 264 cm³/mol. The van der Waals surface area contributed by atoms with Gasteiger partial charge in [-0.05, 0) is 85.6 Å². The lowest BCUT2D eigenvalue weighted by atomic mass is 9.45. The molecule has 5 nitrogen and oxygen atoms in total. The Morgan fingerprint density at radius 1 is 0.444 bits per heavy atom. The van der Waals surface area contributed by atoms with E-state index in [0.717, 1.165) is 22.4 Å². The predicted octanol–water partition coefficient (Wildman–Crippen LogP) is 12.8. The van der Waals surface area contributed by atoms with Gasteiger partial charge in [-0.1, -0.05) is 163 Å². The first-order valence-electron chi connectivity index (χ1n) is 22.2. The van der Waals surface area contributed by atoms with E-state index in [-0.39, 0.29) is 17.7 Å². The minimum atomic E-state index is -0.0837. The molecule has 300 valence electrons. The Morgan fingerprint density at radius 3 is 1.70 bits per heavy atom. The van der Waals surface area contributed by atoms with Crippen LogP contribution in [0.5, 0.6) is 0 Å². The van der Waals surface area contributed by atoms with Crippen molar-refractivity contribution < 1.29 is 0 Å². The van der Waals surface area contributed by atoms with E-state index in [0.29, 0.717) is 17.5 Å². The first-order chi connectivity index (χ1) is 30.5. The lowest BCUT2D eigenvalue weighted by Crippen LogP contribution is -2.55. The number of aromatic nitrogens is 5. The Morgan fingerprint density at radius 2 is 1.03 bits per heavy atom. The van der Waals surface area contributed by atoms with Crippen molar-refractivity contribution in [3.8, 4) is 51.0 Å². The Balaban J connectivity index is 1.18. The summed E-state index contributed by atoms with van der Waals surface area (Å²) >= 11 is 0. The van der Waals surface area contributed by atoms with Gasteiger partial charge in [0.05, 0.1) is 11.0 Å². The van der Waals surface area contributed by atoms with E-state index in [4.69, 9.17) is 15.0 Å². The van der Waals surface area contributed by atoms with Crippen molar-refractivity contribution in [3.63, 3.8) is 0 Å². The SMILES string of the molecule is CC(C)(C)c1ccc2c(c1)c1cc(C(C)(C)C)cc3c1n2B1c2ccc(-c4nc(-c5ccccc5)nc(-c5ccccc5)n4)cc2-n2c4ccccc4c4c5ccccc5c-3c1c42. The van der Waals surface area contributed by atoms with Gasteiger partial charge in [0.25, 0.3) is 0 Å². The lowest BCUT2D eigenvalue weighted by Gasteiger charge is -2.35. The molecule has 2 aliphatic heterocycles. The highest BCUT2D eigenvalue weighted by Gasteiger charge is 2.43. The summed E-state index contributed by atoms with van der Waals surface area (Å²) in [5.41, 5.74) is 17.0. The minimum Gasteiger partial charge on any atom is -0.375 e. The molecule has 11 aromatic rings. The zero-order chi connectivity index (χ0) is 42.5. The van der Waals surface area contributed by atoms with Crippen LogP contribution in [0.1, 0.15) is 52.7 Å². The molecule has 0 saturated carbocycles. The molecular weight excluding hydrogens is 765 g/mol. The third-order valence-electron chi connectivity index (χ3n) is 13.8. The van der Waals surface area contributed by atoms with Gasteiger partial charge in [0.1, 0.15) is 0 Å². The number of para-hydroxylation sites is 1. The van der Waals surface area contributed by atoms with E-state index >= 15 is 0 Å². The minimum absolute atomic E-state index is 0.00312. The zero-order valence-electron chi connectivity index (χ0n) is 36.3. The number of benzene rings is 8. The van der Waals surface area contributed by atoms with E-state index in [1.54, 1.807) is 0 Å². The van der Waals surface area contributed by atoms with Gasteiger partial charge in [-0.3, -0.25) is 0 Å². The normalized spacial score (nSPS) is 13.2. The van der Waals surface area contributed by atoms with Crippen LogP contribution in [-0.2, 0) is 10.8 Å². The van der Waals surface area contributed by atoms with Gasteiger partial charge >= 0.3 is 6.85 Å². The second kappa shape index (κ2) is 12.6. The van der Waals surface area contributed by atoms with Gasteiger partial charge in [0.15, 0.2) is 17.5 Å². The van der Waals surface area contributed by atoms with Gasteiger partial charge in [-0.25, -0.2) is 15.0 Å². The van der Waals surface area contributed by atoms with E-state index in [1.165, 1.54) is 87.6 Å². The largest absolute Gasteiger partial charge is 0.375 e. The summed E-state index contributed by atoms with van der Waals surface area (Å²) < 4.78 is 5.25. The lowest BCUT2D eigenvalue weighted by molar-refractivity contribution is 0.590. The molecule has 6 heteroatoms. The Labute approximate surface area is 366 Å². The van der Waals surface area contributed by atoms with E-state index in [9.17, 15) is 0 Å². The first kappa shape index (κ1) is 36.4. The fourth-order valence-electron chi connectivity index (χ4n) is 10.8. The summed E-state index contributed by atoms with van der Waals surface area (Å²) in [6, 6.07) is 57.8. The van der Waals surface area contributed by atoms with Gasteiger partial charge in [-0.15, -0.1) is 0 Å². The molecule has 0 aliphatic carbocycles. The average Bonchev–Trinajstić information content (AvgIpc) is 3.83. The van der Waals surface area contributed by atoms with Crippen molar-refractivity contribution in [2.75, 3.05) is 0 Å². The molecule has 0 radical (unpaired) electrons. The molecule has 3 aromatic heterocycles. The number of rotatable bonds is 3. The maximum Gasteiger partial charge on any atom is 0.333 e. The third-order valence-corrected chi connectivity index (χ3v) is 13.8. The van der Waals surface area contributed by atoms with Crippen molar-refractivity contribution in [3.05, 3.63) is 169 Å². The van der Waals surface area contributed by atoms with Crippen LogP contribution in [0.4, 0.5) is 0 Å². The molecule has 13 rings (SSSR count). The molecule has 0 saturated heterocycles. The fraction of sp³-hybridized carbons (Fsp3) is 0.140. The van der Waals surface area contributed by atoms with Gasteiger partial charge < -0.3 is 9.05 Å². The Bertz CT molecular complexity index is 3690. The van der Waals surface area contributed by atoms with E-state index in [1.807, 2.05) is 36.4 Å². The van der Waals surface area contributed by atoms with Crippen LogP contribution in [0.15, 0.2) is 158 Å². The second-order valence-electron chi connectivity index (χ2n) is 19.6. The van der Waals surface area contributed by atoms with Crippen LogP contribution >= 0.6 is 0 Å². The molecular formula is C57H44BN5. The van der Waals surface area contributed by atoms with Crippen LogP contribution in [0.2, 0.25) is 0 Å². The van der Waals surface area contributed by atoms with Crippen LogP contribution in [0.3, 0.4) is 0 Å². The molecule has 0 spiro atoms. The quantitative estimate of drug-likeness (QED) is 0.167. The Hall–Kier alpha value is -7.31. The smallest absolute Gasteiger partial charge is 0.333 e. The summed E-state index contributed by atoms with van der Waals surface area (Å²) in [6.07, 6.45) is 0. The van der Waals surface area contributed by atoms with Crippen molar-refractivity contribution in [1.82, 2.24) is 24.0 Å². The number of fused-ring (bicyclic) bond motifs is 14. The summed E-state index contributed by atoms with van der Waals surface area (Å²) in [6.45, 7) is 13.9. The second-order valence-corrected chi connectivity index (χ2v) is 19.6. The van der Waals surface area contributed by atoms with Crippen molar-refractivity contribution in [1.29, 1.82) is 0 Å². The number of hydrogen-bond acceptors (Lipinski definition) is 3. The van der Waals surface area contributed by atoms with Crippen LogP contribution in [0.25, 0.3) is 105 Å². The van der Waals surface area contributed by atoms with Crippen LogP contribution < -0.4 is 10.9 Å². The highest BCUT2D eigenvalue weighted by molar-refractivity contribution is 6.90. The molecule has 0 amide bonds. The monoisotopic (exact) mass is 809 g/mol. The van der Waals surface area contributed by atoms with Gasteiger partial charge in [0.2, 0.25) is 0 Å². The fourth-order valence-corrected chi connectivity index (χ4v) is 10.8. The average molecular weight is 810 g/mol. The molecule has 8 aromatic carbocycles. The van der Waals surface area contributed by atoms with Crippen molar-refractivity contribution in [2.24, 2.45) is 0 Å². The maximum absolute atomic E-state index is 5.21. The topological polar surface area (TPSA) is 48.5 Å². The standard InChI is InChI=1S/C57H44BN5/c1-56(2,3)36-26-28-46-41(30-36)42-31-37(57(4,5)6)32-43-48-38-21-13-14-22-39(38)49-40-23-15-16-24-45(40)62-47-29-35(25-27-44(47)58(50(48)52(49)62)63(46)51(42)43)55-60-53(33-17-9-7-10-18-33)59-54(61-55)34-19-11-8-12-20-34/h7-32H,1-6H3.